The number of hydroxylamine groups is 3. The van der Waals surface area contributed by atoms with Gasteiger partial charge in [-0.05, 0) is 12.1 Å². The number of aromatic nitrogens is 2. The van der Waals surface area contributed by atoms with E-state index in [9.17, 15) is 19.2 Å². The summed E-state index contributed by atoms with van der Waals surface area (Å²) in [4.78, 5) is 55.5. The van der Waals surface area contributed by atoms with Gasteiger partial charge in [-0.2, -0.15) is 0 Å². The van der Waals surface area contributed by atoms with Gasteiger partial charge >= 0.3 is 5.97 Å². The highest BCUT2D eigenvalue weighted by Gasteiger charge is 2.17. The predicted molar refractivity (Wildman–Crippen MR) is 168 cm³/mol. The van der Waals surface area contributed by atoms with Crippen LogP contribution < -0.4 is 16.6 Å². The average molecular weight is 595 g/mol. The Kier molecular flexibility index (Phi) is 19.3. The van der Waals surface area contributed by atoms with Crippen LogP contribution in [0, 0.1) is 0 Å². The molecule has 0 fully saturated rings. The SMILES string of the molecule is C.C.C.CNOC.CON(C)C(=O)c1cc(=O)n(C)c2ccccc12.Cl.Cn1c(=O)cc(C(=O)O)c2ccccc21. The van der Waals surface area contributed by atoms with Gasteiger partial charge in [0, 0.05) is 51.1 Å². The molecule has 0 radical (unpaired) electrons. The Morgan fingerprint density at radius 1 is 0.805 bits per heavy atom. The molecule has 12 heteroatoms. The van der Waals surface area contributed by atoms with Crippen molar-refractivity contribution in [3.05, 3.63) is 92.5 Å². The lowest BCUT2D eigenvalue weighted by molar-refractivity contribution is -0.0755. The van der Waals surface area contributed by atoms with Gasteiger partial charge in [-0.25, -0.2) is 15.3 Å². The number of amides is 1. The molecule has 0 atom stereocenters. The number of fused-ring (bicyclic) bond motifs is 2. The summed E-state index contributed by atoms with van der Waals surface area (Å²) in [5.41, 5.74) is 3.64. The molecule has 4 rings (SSSR count). The fraction of sp³-hybridized carbons (Fsp3) is 0.310. The Bertz CT molecular complexity index is 1530. The van der Waals surface area contributed by atoms with Crippen molar-refractivity contribution >= 4 is 46.1 Å². The van der Waals surface area contributed by atoms with Gasteiger partial charge in [0.15, 0.2) is 0 Å². The van der Waals surface area contributed by atoms with Crippen LogP contribution in [-0.2, 0) is 23.8 Å². The van der Waals surface area contributed by atoms with Crippen molar-refractivity contribution in [2.75, 3.05) is 28.3 Å². The lowest BCUT2D eigenvalue weighted by atomic mass is 10.1. The van der Waals surface area contributed by atoms with Crippen LogP contribution in [0.5, 0.6) is 0 Å². The van der Waals surface area contributed by atoms with Crippen LogP contribution in [0.1, 0.15) is 43.0 Å². The normalized spacial score (nSPS) is 9.22. The van der Waals surface area contributed by atoms with Crippen molar-refractivity contribution in [1.82, 2.24) is 19.7 Å². The van der Waals surface area contributed by atoms with Gasteiger partial charge < -0.3 is 19.1 Å². The van der Waals surface area contributed by atoms with Crippen LogP contribution in [0.4, 0.5) is 0 Å². The molecule has 1 amide bonds. The Labute approximate surface area is 247 Å². The molecule has 0 spiro atoms. The number of carboxylic acids is 1. The highest BCUT2D eigenvalue weighted by molar-refractivity contribution is 6.05. The third kappa shape index (κ3) is 9.83. The summed E-state index contributed by atoms with van der Waals surface area (Å²) in [7, 11) is 9.49. The smallest absolute Gasteiger partial charge is 0.336 e. The maximum atomic E-state index is 12.1. The molecule has 2 aromatic heterocycles. The highest BCUT2D eigenvalue weighted by atomic mass is 35.5. The van der Waals surface area contributed by atoms with Gasteiger partial charge in [-0.15, -0.1) is 12.4 Å². The Morgan fingerprint density at radius 2 is 1.17 bits per heavy atom. The lowest BCUT2D eigenvalue weighted by Crippen LogP contribution is -2.28. The first kappa shape index (κ1) is 41.5. The van der Waals surface area contributed by atoms with E-state index in [1.54, 1.807) is 58.6 Å². The number of carbonyl (C=O) groups excluding carboxylic acids is 1. The van der Waals surface area contributed by atoms with Crippen LogP contribution in [0.2, 0.25) is 0 Å². The molecule has 4 aromatic rings. The number of benzene rings is 2. The van der Waals surface area contributed by atoms with Crippen LogP contribution in [0.15, 0.2) is 70.3 Å². The van der Waals surface area contributed by atoms with E-state index in [0.717, 1.165) is 22.0 Å². The summed E-state index contributed by atoms with van der Waals surface area (Å²) in [5, 5.41) is 11.4. The number of para-hydroxylation sites is 2. The molecule has 2 aromatic carbocycles. The number of halogens is 1. The fourth-order valence-corrected chi connectivity index (χ4v) is 3.43. The van der Waals surface area contributed by atoms with Crippen molar-refractivity contribution in [2.24, 2.45) is 14.1 Å². The number of aromatic carboxylic acids is 1. The number of nitrogens with zero attached hydrogens (tertiary/aromatic N) is 3. The topological polar surface area (TPSA) is 132 Å². The van der Waals surface area contributed by atoms with Gasteiger partial charge in [0.2, 0.25) is 0 Å². The summed E-state index contributed by atoms with van der Waals surface area (Å²) in [6, 6.07) is 16.7. The van der Waals surface area contributed by atoms with E-state index in [1.807, 2.05) is 18.2 Å². The van der Waals surface area contributed by atoms with Gasteiger partial charge in [-0.1, -0.05) is 58.7 Å². The summed E-state index contributed by atoms with van der Waals surface area (Å²) in [5.74, 6) is -1.42. The standard InChI is InChI=1S/C13H14N2O3.C11H9NO3.C2H7NO.3CH4.ClH/c1-14-11-7-5-4-6-9(11)10(8-12(14)16)13(17)15(2)18-3;1-12-9-5-3-2-4-7(9)8(11(14)15)6-10(12)13;1-3-4-2;;;;/h4-8H,1-3H3;2-6H,1H3,(H,14,15);3H,1-2H3;3*1H4;1H. The zero-order valence-electron chi connectivity index (χ0n) is 21.9. The molecule has 0 aliphatic rings. The third-order valence-electron chi connectivity index (χ3n) is 5.53. The second-order valence-corrected chi connectivity index (χ2v) is 7.64. The Hall–Kier alpha value is -4.03. The number of rotatable bonds is 4. The second kappa shape index (κ2) is 19.1. The average Bonchev–Trinajstić information content (AvgIpc) is 2.92. The number of aryl methyl sites for hydroxylation is 2. The summed E-state index contributed by atoms with van der Waals surface area (Å²) >= 11 is 0. The van der Waals surface area contributed by atoms with Crippen molar-refractivity contribution in [3.63, 3.8) is 0 Å². The molecule has 0 aliphatic carbocycles. The second-order valence-electron chi connectivity index (χ2n) is 7.64. The number of carbonyl (C=O) groups is 2. The number of hydrogen-bond donors (Lipinski definition) is 2. The minimum atomic E-state index is -1.08. The predicted octanol–water partition coefficient (Wildman–Crippen LogP) is 4.51. The maximum absolute atomic E-state index is 12.1. The van der Waals surface area contributed by atoms with E-state index in [2.05, 4.69) is 10.3 Å². The highest BCUT2D eigenvalue weighted by Crippen LogP contribution is 2.18. The maximum Gasteiger partial charge on any atom is 0.336 e. The number of nitrogens with one attached hydrogen (secondary N) is 1. The molecule has 41 heavy (non-hydrogen) atoms. The summed E-state index contributed by atoms with van der Waals surface area (Å²) in [6.45, 7) is 0. The first-order valence-corrected chi connectivity index (χ1v) is 11.0. The Morgan fingerprint density at radius 3 is 1.54 bits per heavy atom. The fourth-order valence-electron chi connectivity index (χ4n) is 3.43. The molecular weight excluding hydrogens is 552 g/mol. The van der Waals surface area contributed by atoms with E-state index in [4.69, 9.17) is 9.94 Å². The molecule has 11 nitrogen and oxygen atoms in total. The molecule has 0 saturated heterocycles. The summed E-state index contributed by atoms with van der Waals surface area (Å²) < 4.78 is 2.95. The zero-order valence-corrected chi connectivity index (χ0v) is 22.7. The van der Waals surface area contributed by atoms with Crippen molar-refractivity contribution in [3.8, 4) is 0 Å². The van der Waals surface area contributed by atoms with E-state index in [0.29, 0.717) is 16.5 Å². The van der Waals surface area contributed by atoms with Gasteiger partial charge in [0.1, 0.15) is 0 Å². The quantitative estimate of drug-likeness (QED) is 0.330. The number of hydrogen-bond acceptors (Lipinski definition) is 7. The van der Waals surface area contributed by atoms with Gasteiger partial charge in [0.05, 0.1) is 36.4 Å². The van der Waals surface area contributed by atoms with Crippen molar-refractivity contribution < 1.29 is 24.4 Å². The van der Waals surface area contributed by atoms with Crippen molar-refractivity contribution in [2.45, 2.75) is 22.3 Å². The largest absolute Gasteiger partial charge is 0.478 e. The van der Waals surface area contributed by atoms with Crippen LogP contribution in [0.3, 0.4) is 0 Å². The molecule has 2 heterocycles. The van der Waals surface area contributed by atoms with E-state index in [1.165, 1.54) is 29.4 Å². The van der Waals surface area contributed by atoms with E-state index < -0.39 is 5.97 Å². The molecule has 0 aliphatic heterocycles. The minimum Gasteiger partial charge on any atom is -0.478 e. The number of pyridine rings is 2. The molecule has 2 N–H and O–H groups in total. The zero-order chi connectivity index (χ0) is 27.7. The van der Waals surface area contributed by atoms with E-state index in [-0.39, 0.29) is 57.3 Å². The number of carboxylic acid groups (broad SMARTS) is 1. The van der Waals surface area contributed by atoms with Crippen LogP contribution >= 0.6 is 12.4 Å². The molecule has 0 saturated carbocycles. The van der Waals surface area contributed by atoms with Crippen molar-refractivity contribution in [1.29, 1.82) is 0 Å². The molecule has 0 bridgehead atoms. The van der Waals surface area contributed by atoms with Crippen LogP contribution in [-0.4, -0.2) is 59.5 Å². The first-order chi connectivity index (χ1) is 17.6. The summed E-state index contributed by atoms with van der Waals surface area (Å²) in [6.07, 6.45) is 0. The molecule has 0 unspecified atom stereocenters. The van der Waals surface area contributed by atoms with Gasteiger partial charge in [0.25, 0.3) is 17.0 Å². The minimum absolute atomic E-state index is 0. The Balaban J connectivity index is -0.000000579. The third-order valence-corrected chi connectivity index (χ3v) is 5.53. The van der Waals surface area contributed by atoms with Gasteiger partial charge in [-0.3, -0.25) is 19.2 Å². The van der Waals surface area contributed by atoms with Crippen LogP contribution in [0.25, 0.3) is 21.8 Å². The van der Waals surface area contributed by atoms with E-state index >= 15 is 0 Å². The first-order valence-electron chi connectivity index (χ1n) is 11.0. The molecule has 228 valence electrons. The lowest BCUT2D eigenvalue weighted by Gasteiger charge is -2.15. The monoisotopic (exact) mass is 594 g/mol. The molecular formula is C29H43ClN4O7.